The average molecular weight is 399 g/mol. The van der Waals surface area contributed by atoms with E-state index in [2.05, 4.69) is 10.6 Å². The topological polar surface area (TPSA) is 87.7 Å². The van der Waals surface area contributed by atoms with E-state index < -0.39 is 11.9 Å². The van der Waals surface area contributed by atoms with Crippen molar-refractivity contribution in [2.45, 2.75) is 0 Å². The summed E-state index contributed by atoms with van der Waals surface area (Å²) in [6, 6.07) is 10.6. The first-order valence-electron chi connectivity index (χ1n) is 6.87. The quantitative estimate of drug-likeness (QED) is 0.667. The highest BCUT2D eigenvalue weighted by atomic mass is 35.5. The van der Waals surface area contributed by atoms with Crippen molar-refractivity contribution >= 4 is 58.1 Å². The van der Waals surface area contributed by atoms with E-state index in [9.17, 15) is 9.59 Å². The van der Waals surface area contributed by atoms with Gasteiger partial charge in [-0.15, -0.1) is 0 Å². The number of carbonyl (C=O) groups is 2. The molecule has 0 radical (unpaired) electrons. The number of carboxylic acid groups (broad SMARTS) is 1. The molecule has 2 rings (SSSR count). The second-order valence-electron chi connectivity index (χ2n) is 4.75. The SMILES string of the molecule is O=C(COc1ccc(Cl)cc1Cl)NC(=S)Nc1cccc(C(=O)O)c1. The zero-order valence-electron chi connectivity index (χ0n) is 12.6. The molecule has 0 unspecified atom stereocenters. The van der Waals surface area contributed by atoms with Gasteiger partial charge in [0.25, 0.3) is 5.91 Å². The molecule has 1 amide bonds. The molecule has 0 heterocycles. The van der Waals surface area contributed by atoms with E-state index in [-0.39, 0.29) is 22.3 Å². The average Bonchev–Trinajstić information content (AvgIpc) is 2.54. The lowest BCUT2D eigenvalue weighted by atomic mass is 10.2. The zero-order valence-corrected chi connectivity index (χ0v) is 14.9. The summed E-state index contributed by atoms with van der Waals surface area (Å²) in [6.07, 6.45) is 0. The van der Waals surface area contributed by atoms with Gasteiger partial charge in [0.2, 0.25) is 0 Å². The Balaban J connectivity index is 1.86. The summed E-state index contributed by atoms with van der Waals surface area (Å²) in [5, 5.41) is 14.8. The van der Waals surface area contributed by atoms with Crippen molar-refractivity contribution < 1.29 is 19.4 Å². The van der Waals surface area contributed by atoms with Crippen LogP contribution in [0.2, 0.25) is 10.0 Å². The number of hydrogen-bond donors (Lipinski definition) is 3. The van der Waals surface area contributed by atoms with Gasteiger partial charge in [0.05, 0.1) is 10.6 Å². The fraction of sp³-hybridized carbons (Fsp3) is 0.0625. The molecule has 0 aromatic heterocycles. The molecular weight excluding hydrogens is 387 g/mol. The van der Waals surface area contributed by atoms with Gasteiger partial charge in [0.1, 0.15) is 5.75 Å². The van der Waals surface area contributed by atoms with Gasteiger partial charge in [-0.25, -0.2) is 4.79 Å². The number of hydrogen-bond acceptors (Lipinski definition) is 4. The van der Waals surface area contributed by atoms with Crippen LogP contribution in [0.3, 0.4) is 0 Å². The highest BCUT2D eigenvalue weighted by Gasteiger charge is 2.09. The Hall–Kier alpha value is -2.35. The summed E-state index contributed by atoms with van der Waals surface area (Å²) in [5.74, 6) is -1.25. The first-order valence-corrected chi connectivity index (χ1v) is 8.03. The zero-order chi connectivity index (χ0) is 18.4. The van der Waals surface area contributed by atoms with E-state index in [0.717, 1.165) is 0 Å². The van der Waals surface area contributed by atoms with Gasteiger partial charge in [-0.05, 0) is 48.6 Å². The maximum atomic E-state index is 11.8. The molecule has 6 nitrogen and oxygen atoms in total. The maximum Gasteiger partial charge on any atom is 0.335 e. The monoisotopic (exact) mass is 398 g/mol. The van der Waals surface area contributed by atoms with Crippen LogP contribution in [0.15, 0.2) is 42.5 Å². The smallest absolute Gasteiger partial charge is 0.335 e. The standard InChI is InChI=1S/C16H12Cl2N2O4S/c17-10-4-5-13(12(18)7-10)24-8-14(21)20-16(25)19-11-3-1-2-9(6-11)15(22)23/h1-7H,8H2,(H,22,23)(H2,19,20,21,25). The number of nitrogens with one attached hydrogen (secondary N) is 2. The summed E-state index contributed by atoms with van der Waals surface area (Å²) >= 11 is 16.7. The molecule has 0 bridgehead atoms. The molecule has 0 aliphatic carbocycles. The molecular formula is C16H12Cl2N2O4S. The molecule has 0 aliphatic rings. The summed E-state index contributed by atoms with van der Waals surface area (Å²) in [5.41, 5.74) is 0.534. The van der Waals surface area contributed by atoms with Gasteiger partial charge in [0.15, 0.2) is 11.7 Å². The van der Waals surface area contributed by atoms with Crippen LogP contribution in [0.25, 0.3) is 0 Å². The maximum absolute atomic E-state index is 11.8. The summed E-state index contributed by atoms with van der Waals surface area (Å²) in [4.78, 5) is 22.8. The molecule has 2 aromatic carbocycles. The minimum atomic E-state index is -1.06. The van der Waals surface area contributed by atoms with Crippen molar-refractivity contribution in [1.29, 1.82) is 0 Å². The third-order valence-electron chi connectivity index (χ3n) is 2.87. The van der Waals surface area contributed by atoms with Crippen molar-refractivity contribution in [1.82, 2.24) is 5.32 Å². The molecule has 25 heavy (non-hydrogen) atoms. The number of anilines is 1. The van der Waals surface area contributed by atoms with Crippen LogP contribution >= 0.6 is 35.4 Å². The van der Waals surface area contributed by atoms with Gasteiger partial charge in [0, 0.05) is 10.7 Å². The Kier molecular flexibility index (Phi) is 6.58. The Bertz CT molecular complexity index is 830. The summed E-state index contributed by atoms with van der Waals surface area (Å²) in [7, 11) is 0. The van der Waals surface area contributed by atoms with Crippen LogP contribution in [0.1, 0.15) is 10.4 Å². The van der Waals surface area contributed by atoms with Gasteiger partial charge in [-0.2, -0.15) is 0 Å². The van der Waals surface area contributed by atoms with Crippen LogP contribution in [0.4, 0.5) is 5.69 Å². The van der Waals surface area contributed by atoms with E-state index in [4.69, 9.17) is 45.3 Å². The Labute approximate surface area is 158 Å². The lowest BCUT2D eigenvalue weighted by Gasteiger charge is -2.11. The number of benzene rings is 2. The van der Waals surface area contributed by atoms with E-state index >= 15 is 0 Å². The van der Waals surface area contributed by atoms with Crippen LogP contribution < -0.4 is 15.4 Å². The van der Waals surface area contributed by atoms with Crippen molar-refractivity contribution in [2.24, 2.45) is 0 Å². The fourth-order valence-electron chi connectivity index (χ4n) is 1.79. The van der Waals surface area contributed by atoms with Crippen LogP contribution in [-0.4, -0.2) is 28.7 Å². The minimum Gasteiger partial charge on any atom is -0.482 e. The first kappa shape index (κ1) is 19.0. The van der Waals surface area contributed by atoms with Crippen LogP contribution in [0, 0.1) is 0 Å². The van der Waals surface area contributed by atoms with Crippen molar-refractivity contribution in [3.63, 3.8) is 0 Å². The van der Waals surface area contributed by atoms with Gasteiger partial charge < -0.3 is 15.2 Å². The van der Waals surface area contributed by atoms with E-state index in [1.807, 2.05) is 0 Å². The number of aromatic carboxylic acids is 1. The molecule has 0 saturated carbocycles. The van der Waals surface area contributed by atoms with Gasteiger partial charge >= 0.3 is 5.97 Å². The largest absolute Gasteiger partial charge is 0.482 e. The summed E-state index contributed by atoms with van der Waals surface area (Å²) in [6.45, 7) is -0.307. The number of rotatable bonds is 5. The van der Waals surface area contributed by atoms with E-state index in [1.165, 1.54) is 18.2 Å². The lowest BCUT2D eigenvalue weighted by molar-refractivity contribution is -0.121. The normalized spacial score (nSPS) is 10.0. The lowest BCUT2D eigenvalue weighted by Crippen LogP contribution is -2.37. The van der Waals surface area contributed by atoms with Crippen LogP contribution in [0.5, 0.6) is 5.75 Å². The van der Waals surface area contributed by atoms with Gasteiger partial charge in [-0.1, -0.05) is 29.3 Å². The fourth-order valence-corrected chi connectivity index (χ4v) is 2.49. The molecule has 3 N–H and O–H groups in total. The van der Waals surface area contributed by atoms with Crippen molar-refractivity contribution in [3.05, 3.63) is 58.1 Å². The number of carbonyl (C=O) groups excluding carboxylic acids is 1. The number of amides is 1. The number of ether oxygens (including phenoxy) is 1. The molecule has 2 aromatic rings. The first-order chi connectivity index (χ1) is 11.8. The Morgan fingerprint density at radius 3 is 2.60 bits per heavy atom. The highest BCUT2D eigenvalue weighted by molar-refractivity contribution is 7.80. The second kappa shape index (κ2) is 8.66. The third kappa shape index (κ3) is 5.90. The van der Waals surface area contributed by atoms with Crippen LogP contribution in [-0.2, 0) is 4.79 Å². The number of halogens is 2. The Morgan fingerprint density at radius 1 is 1.16 bits per heavy atom. The Morgan fingerprint density at radius 2 is 1.92 bits per heavy atom. The highest BCUT2D eigenvalue weighted by Crippen LogP contribution is 2.27. The van der Waals surface area contributed by atoms with Crippen molar-refractivity contribution in [3.8, 4) is 5.75 Å². The second-order valence-corrected chi connectivity index (χ2v) is 6.00. The molecule has 0 aliphatic heterocycles. The predicted octanol–water partition coefficient (Wildman–Crippen LogP) is 3.58. The van der Waals surface area contributed by atoms with Crippen molar-refractivity contribution in [2.75, 3.05) is 11.9 Å². The molecule has 130 valence electrons. The molecule has 0 fully saturated rings. The van der Waals surface area contributed by atoms with E-state index in [0.29, 0.717) is 16.5 Å². The number of thiocarbonyl (C=S) groups is 1. The molecule has 9 heteroatoms. The summed E-state index contributed by atoms with van der Waals surface area (Å²) < 4.78 is 5.29. The van der Waals surface area contributed by atoms with E-state index in [1.54, 1.807) is 24.3 Å². The van der Waals surface area contributed by atoms with Gasteiger partial charge in [-0.3, -0.25) is 10.1 Å². The molecule has 0 saturated heterocycles. The molecule has 0 spiro atoms. The predicted molar refractivity (Wildman–Crippen MR) is 99.7 cm³/mol. The minimum absolute atomic E-state index is 0.0124. The molecule has 0 atom stereocenters. The third-order valence-corrected chi connectivity index (χ3v) is 3.61. The number of carboxylic acids is 1.